The Labute approximate surface area is 270 Å². The van der Waals surface area contributed by atoms with E-state index in [0.717, 1.165) is 6.92 Å². The molecule has 2 saturated heterocycles. The number of aliphatic hydroxyl groups is 6. The maximum Gasteiger partial charge on any atom is 0.308 e. The molecular formula is C31H34N2O15. The Balaban J connectivity index is 1.33. The van der Waals surface area contributed by atoms with Gasteiger partial charge in [0.1, 0.15) is 36.6 Å². The van der Waals surface area contributed by atoms with Crippen LogP contribution in [0.4, 0.5) is 0 Å². The van der Waals surface area contributed by atoms with Crippen molar-refractivity contribution in [1.82, 2.24) is 9.38 Å². The number of aliphatic hydroxyl groups excluding tert-OH is 4. The van der Waals surface area contributed by atoms with E-state index in [9.17, 15) is 45.0 Å². The number of ether oxygens (including phenoxy) is 5. The molecule has 17 heteroatoms. The monoisotopic (exact) mass is 674 g/mol. The smallest absolute Gasteiger partial charge is 0.308 e. The zero-order valence-electron chi connectivity index (χ0n) is 25.4. The normalized spacial score (nSPS) is 30.5. The quantitative estimate of drug-likeness (QED) is 0.0871. The SMILES string of the molecule is CC(O)(CC(=O)O)CC(=O)OCC1OC(Oc2cnc3ccc(=O)n4c5ccccc5c2c34)C(OC2OCC(O)(CO)C2O)C(O)C1O. The lowest BCUT2D eigenvalue weighted by Crippen LogP contribution is -2.62. The van der Waals surface area contributed by atoms with Gasteiger partial charge >= 0.3 is 11.9 Å². The number of nitrogens with zero attached hydrogens (tertiary/aromatic N) is 2. The number of aliphatic carboxylic acids is 1. The molecule has 0 spiro atoms. The first-order chi connectivity index (χ1) is 22.7. The van der Waals surface area contributed by atoms with Crippen LogP contribution in [0.2, 0.25) is 0 Å². The van der Waals surface area contributed by atoms with Gasteiger partial charge in [0, 0.05) is 11.5 Å². The summed E-state index contributed by atoms with van der Waals surface area (Å²) in [6.45, 7) is -0.934. The molecule has 258 valence electrons. The van der Waals surface area contributed by atoms with Crippen LogP contribution in [0.1, 0.15) is 19.8 Å². The van der Waals surface area contributed by atoms with Gasteiger partial charge in [-0.15, -0.1) is 0 Å². The fraction of sp³-hybridized carbons (Fsp3) is 0.484. The van der Waals surface area contributed by atoms with E-state index in [-0.39, 0.29) is 11.3 Å². The second-order valence-electron chi connectivity index (χ2n) is 12.3. The largest absolute Gasteiger partial charge is 0.481 e. The minimum absolute atomic E-state index is 0.0641. The van der Waals surface area contributed by atoms with Gasteiger partial charge in [0.15, 0.2) is 18.1 Å². The summed E-state index contributed by atoms with van der Waals surface area (Å²) in [6, 6.07) is 9.94. The Bertz CT molecular complexity index is 1880. The summed E-state index contributed by atoms with van der Waals surface area (Å²) in [4.78, 5) is 40.8. The van der Waals surface area contributed by atoms with Gasteiger partial charge in [-0.05, 0) is 19.1 Å². The van der Waals surface area contributed by atoms with E-state index < -0.39 is 98.9 Å². The van der Waals surface area contributed by atoms with Crippen molar-refractivity contribution in [2.24, 2.45) is 0 Å². The Morgan fingerprint density at radius 1 is 1.10 bits per heavy atom. The van der Waals surface area contributed by atoms with Crippen LogP contribution in [0.25, 0.3) is 27.3 Å². The molecule has 0 aliphatic carbocycles. The highest BCUT2D eigenvalue weighted by Gasteiger charge is 2.54. The van der Waals surface area contributed by atoms with Crippen molar-refractivity contribution in [2.45, 2.75) is 74.1 Å². The van der Waals surface area contributed by atoms with Crippen LogP contribution in [0.15, 0.2) is 47.4 Å². The van der Waals surface area contributed by atoms with E-state index in [0.29, 0.717) is 27.3 Å². The molecule has 5 heterocycles. The first kappa shape index (κ1) is 33.8. The van der Waals surface area contributed by atoms with Crippen LogP contribution in [0, 0.1) is 0 Å². The number of rotatable bonds is 11. The van der Waals surface area contributed by atoms with Gasteiger partial charge in [-0.1, -0.05) is 18.2 Å². The highest BCUT2D eigenvalue weighted by molar-refractivity contribution is 6.15. The average molecular weight is 675 g/mol. The molecule has 2 aliphatic rings. The number of hydrogen-bond donors (Lipinski definition) is 7. The molecule has 2 fully saturated rings. The Hall–Kier alpha value is -4.04. The summed E-state index contributed by atoms with van der Waals surface area (Å²) >= 11 is 0. The number of fused-ring (bicyclic) bond motifs is 3. The minimum atomic E-state index is -2.08. The molecule has 0 radical (unpaired) electrons. The lowest BCUT2D eigenvalue weighted by molar-refractivity contribution is -0.319. The predicted molar refractivity (Wildman–Crippen MR) is 160 cm³/mol. The van der Waals surface area contributed by atoms with Crippen molar-refractivity contribution in [3.8, 4) is 5.75 Å². The topological polar surface area (TPSA) is 256 Å². The van der Waals surface area contributed by atoms with E-state index in [2.05, 4.69) is 4.98 Å². The molecular weight excluding hydrogens is 640 g/mol. The van der Waals surface area contributed by atoms with E-state index in [1.54, 1.807) is 30.3 Å². The van der Waals surface area contributed by atoms with Crippen molar-refractivity contribution in [3.05, 3.63) is 52.9 Å². The molecule has 7 N–H and O–H groups in total. The lowest BCUT2D eigenvalue weighted by atomic mass is 9.97. The van der Waals surface area contributed by atoms with Gasteiger partial charge in [-0.3, -0.25) is 23.8 Å². The zero-order chi connectivity index (χ0) is 34.5. The van der Waals surface area contributed by atoms with Gasteiger partial charge in [0.05, 0.1) is 59.8 Å². The van der Waals surface area contributed by atoms with Crippen LogP contribution in [-0.2, 0) is 28.5 Å². The number of carbonyl (C=O) groups is 2. The van der Waals surface area contributed by atoms with E-state index >= 15 is 0 Å². The third-order valence-electron chi connectivity index (χ3n) is 8.51. The van der Waals surface area contributed by atoms with Gasteiger partial charge < -0.3 is 59.4 Å². The summed E-state index contributed by atoms with van der Waals surface area (Å²) in [5.41, 5.74) is -2.88. The van der Waals surface area contributed by atoms with Crippen molar-refractivity contribution in [2.75, 3.05) is 19.8 Å². The molecule has 0 bridgehead atoms. The summed E-state index contributed by atoms with van der Waals surface area (Å²) in [6.07, 6.45) is -11.9. The van der Waals surface area contributed by atoms with E-state index in [1.165, 1.54) is 16.7 Å². The summed E-state index contributed by atoms with van der Waals surface area (Å²) in [5.74, 6) is -2.29. The molecule has 2 aliphatic heterocycles. The third kappa shape index (κ3) is 6.15. The van der Waals surface area contributed by atoms with Gasteiger partial charge in [-0.25, -0.2) is 0 Å². The molecule has 4 aromatic rings. The van der Waals surface area contributed by atoms with E-state index in [1.807, 2.05) is 0 Å². The van der Waals surface area contributed by atoms with Crippen LogP contribution in [0.3, 0.4) is 0 Å². The number of esters is 1. The number of carboxylic acids is 1. The van der Waals surface area contributed by atoms with Crippen LogP contribution in [0.5, 0.6) is 5.75 Å². The molecule has 0 saturated carbocycles. The Morgan fingerprint density at radius 2 is 1.85 bits per heavy atom. The summed E-state index contributed by atoms with van der Waals surface area (Å²) in [7, 11) is 0. The standard InChI is InChI=1S/C31H34N2O15/c1-30(42,8-20(36)37)9-21(38)44-11-18-24(39)25(40)26(48-29-27(41)31(43,12-34)13-45-29)28(47-18)46-17-10-32-15-6-7-19(35)33-16-5-3-2-4-14(16)22(17)23(15)33/h2-7,10,18,24-29,34,39-43H,8-9,11-13H2,1H3,(H,36,37). The van der Waals surface area contributed by atoms with E-state index in [4.69, 9.17) is 28.8 Å². The van der Waals surface area contributed by atoms with Crippen LogP contribution in [-0.4, -0.2) is 131 Å². The highest BCUT2D eigenvalue weighted by atomic mass is 16.8. The molecule has 3 aromatic heterocycles. The highest BCUT2D eigenvalue weighted by Crippen LogP contribution is 2.38. The Morgan fingerprint density at radius 3 is 2.56 bits per heavy atom. The first-order valence-corrected chi connectivity index (χ1v) is 14.9. The van der Waals surface area contributed by atoms with Crippen molar-refractivity contribution in [3.63, 3.8) is 0 Å². The summed E-state index contributed by atoms with van der Waals surface area (Å²) < 4.78 is 29.9. The fourth-order valence-corrected chi connectivity index (χ4v) is 6.05. The minimum Gasteiger partial charge on any atom is -0.481 e. The molecule has 1 aromatic carbocycles. The lowest BCUT2D eigenvalue weighted by Gasteiger charge is -2.43. The third-order valence-corrected chi connectivity index (χ3v) is 8.51. The summed E-state index contributed by atoms with van der Waals surface area (Å²) in [5, 5.41) is 73.1. The molecule has 0 amide bonds. The maximum atomic E-state index is 12.9. The number of hydrogen-bond acceptors (Lipinski definition) is 15. The van der Waals surface area contributed by atoms with Crippen LogP contribution >= 0.6 is 0 Å². The number of pyridine rings is 2. The number of aromatic nitrogens is 2. The second-order valence-corrected chi connectivity index (χ2v) is 12.3. The first-order valence-electron chi connectivity index (χ1n) is 14.9. The van der Waals surface area contributed by atoms with Gasteiger partial charge in [-0.2, -0.15) is 0 Å². The fourth-order valence-electron chi connectivity index (χ4n) is 6.05. The molecule has 9 unspecified atom stereocenters. The average Bonchev–Trinajstić information content (AvgIpc) is 3.53. The van der Waals surface area contributed by atoms with Crippen molar-refractivity contribution < 1.29 is 69.0 Å². The number of para-hydroxylation sites is 1. The maximum absolute atomic E-state index is 12.9. The number of carbonyl (C=O) groups excluding carboxylic acids is 1. The van der Waals surface area contributed by atoms with Gasteiger partial charge in [0.25, 0.3) is 5.56 Å². The van der Waals surface area contributed by atoms with Crippen LogP contribution < -0.4 is 10.3 Å². The van der Waals surface area contributed by atoms with Crippen molar-refractivity contribution in [1.29, 1.82) is 0 Å². The second kappa shape index (κ2) is 12.8. The predicted octanol–water partition coefficient (Wildman–Crippen LogP) is -1.75. The number of carboxylic acid groups (broad SMARTS) is 1. The van der Waals surface area contributed by atoms with Gasteiger partial charge in [0.2, 0.25) is 6.29 Å². The number of benzene rings is 1. The van der Waals surface area contributed by atoms with Crippen molar-refractivity contribution >= 4 is 39.3 Å². The molecule has 6 rings (SSSR count). The molecule has 48 heavy (non-hydrogen) atoms. The zero-order valence-corrected chi connectivity index (χ0v) is 25.4. The molecule has 17 nitrogen and oxygen atoms in total. The Kier molecular flexibility index (Phi) is 9.00. The molecule has 9 atom stereocenters.